The van der Waals surface area contributed by atoms with E-state index in [1.54, 1.807) is 0 Å². The first-order valence-electron chi connectivity index (χ1n) is 4.18. The number of aryl methyl sites for hydroxylation is 2. The summed E-state index contributed by atoms with van der Waals surface area (Å²) < 4.78 is 0. The molecule has 0 aromatic heterocycles. The number of halogens is 2. The average Bonchev–Trinajstić information content (AvgIpc) is 2.02. The van der Waals surface area contributed by atoms with Crippen LogP contribution in [0.3, 0.4) is 0 Å². The van der Waals surface area contributed by atoms with Crippen molar-refractivity contribution >= 4 is 23.2 Å². The molecule has 0 amide bonds. The van der Waals surface area contributed by atoms with Crippen molar-refractivity contribution in [1.82, 2.24) is 0 Å². The van der Waals surface area contributed by atoms with E-state index in [2.05, 4.69) is 13.5 Å². The van der Waals surface area contributed by atoms with E-state index in [-0.39, 0.29) is 0 Å². The zero-order valence-electron chi connectivity index (χ0n) is 7.61. The van der Waals surface area contributed by atoms with Crippen LogP contribution in [-0.4, -0.2) is 0 Å². The van der Waals surface area contributed by atoms with Crippen molar-refractivity contribution < 1.29 is 0 Å². The molecule has 0 aliphatic heterocycles. The maximum absolute atomic E-state index is 5.84. The molecule has 0 bridgehead atoms. The van der Waals surface area contributed by atoms with Gasteiger partial charge in [-0.15, -0.1) is 0 Å². The normalized spacial score (nSPS) is 10.1. The van der Waals surface area contributed by atoms with Crippen molar-refractivity contribution in [2.24, 2.45) is 0 Å². The van der Waals surface area contributed by atoms with Crippen LogP contribution < -0.4 is 0 Å². The van der Waals surface area contributed by atoms with E-state index in [0.29, 0.717) is 5.03 Å². The van der Waals surface area contributed by atoms with Crippen molar-refractivity contribution in [1.29, 1.82) is 0 Å². The second-order valence-corrected chi connectivity index (χ2v) is 4.06. The van der Waals surface area contributed by atoms with Crippen molar-refractivity contribution in [3.63, 3.8) is 0 Å². The van der Waals surface area contributed by atoms with Gasteiger partial charge in [-0.05, 0) is 43.0 Å². The van der Waals surface area contributed by atoms with Crippen LogP contribution in [0.2, 0.25) is 5.02 Å². The molecule has 13 heavy (non-hydrogen) atoms. The first-order valence-corrected chi connectivity index (χ1v) is 4.93. The Kier molecular flexibility index (Phi) is 3.83. The molecule has 0 saturated heterocycles. The summed E-state index contributed by atoms with van der Waals surface area (Å²) >= 11 is 11.5. The first-order chi connectivity index (χ1) is 6.09. The molecule has 2 heteroatoms. The third-order valence-corrected chi connectivity index (χ3v) is 2.39. The van der Waals surface area contributed by atoms with Gasteiger partial charge in [-0.1, -0.05) is 35.8 Å². The molecule has 70 valence electrons. The van der Waals surface area contributed by atoms with Gasteiger partial charge in [-0.25, -0.2) is 0 Å². The predicted octanol–water partition coefficient (Wildman–Crippen LogP) is 4.33. The SMILES string of the molecule is C=C(Cl)CCc1ccc(Cl)cc1C. The van der Waals surface area contributed by atoms with Gasteiger partial charge in [0.2, 0.25) is 0 Å². The van der Waals surface area contributed by atoms with Gasteiger partial charge in [0, 0.05) is 10.1 Å². The van der Waals surface area contributed by atoms with Crippen molar-refractivity contribution in [3.05, 3.63) is 46.0 Å². The number of hydrogen-bond acceptors (Lipinski definition) is 0. The van der Waals surface area contributed by atoms with E-state index in [1.165, 1.54) is 11.1 Å². The third-order valence-electron chi connectivity index (χ3n) is 1.97. The zero-order chi connectivity index (χ0) is 9.84. The van der Waals surface area contributed by atoms with Gasteiger partial charge in [0.05, 0.1) is 0 Å². The van der Waals surface area contributed by atoms with Gasteiger partial charge in [0.25, 0.3) is 0 Å². The fraction of sp³-hybridized carbons (Fsp3) is 0.273. The monoisotopic (exact) mass is 214 g/mol. The number of rotatable bonds is 3. The highest BCUT2D eigenvalue weighted by molar-refractivity contribution is 6.30. The van der Waals surface area contributed by atoms with E-state index < -0.39 is 0 Å². The molecule has 0 radical (unpaired) electrons. The van der Waals surface area contributed by atoms with E-state index in [9.17, 15) is 0 Å². The maximum atomic E-state index is 5.84. The highest BCUT2D eigenvalue weighted by Gasteiger charge is 1.99. The Hall–Kier alpha value is -0.460. The molecule has 0 nitrogen and oxygen atoms in total. The van der Waals surface area contributed by atoms with Crippen LogP contribution in [0.1, 0.15) is 17.5 Å². The highest BCUT2D eigenvalue weighted by Crippen LogP contribution is 2.18. The molecule has 0 spiro atoms. The molecule has 0 atom stereocenters. The summed E-state index contributed by atoms with van der Waals surface area (Å²) in [6, 6.07) is 5.91. The zero-order valence-corrected chi connectivity index (χ0v) is 9.12. The third kappa shape index (κ3) is 3.41. The number of benzene rings is 1. The summed E-state index contributed by atoms with van der Waals surface area (Å²) in [4.78, 5) is 0. The molecule has 1 aromatic rings. The van der Waals surface area contributed by atoms with E-state index in [4.69, 9.17) is 23.2 Å². The molecular weight excluding hydrogens is 203 g/mol. The van der Waals surface area contributed by atoms with E-state index in [1.807, 2.05) is 18.2 Å². The smallest absolute Gasteiger partial charge is 0.0408 e. The summed E-state index contributed by atoms with van der Waals surface area (Å²) in [6.07, 6.45) is 1.76. The van der Waals surface area contributed by atoms with Gasteiger partial charge in [0.15, 0.2) is 0 Å². The largest absolute Gasteiger partial charge is 0.0898 e. The lowest BCUT2D eigenvalue weighted by Crippen LogP contribution is -1.89. The lowest BCUT2D eigenvalue weighted by Gasteiger charge is -2.04. The Morgan fingerprint density at radius 3 is 2.69 bits per heavy atom. The fourth-order valence-electron chi connectivity index (χ4n) is 1.21. The van der Waals surface area contributed by atoms with Gasteiger partial charge in [0.1, 0.15) is 0 Å². The Morgan fingerprint density at radius 2 is 2.15 bits per heavy atom. The van der Waals surface area contributed by atoms with Crippen LogP contribution >= 0.6 is 23.2 Å². The Balaban J connectivity index is 2.72. The van der Waals surface area contributed by atoms with Crippen LogP contribution in [-0.2, 0) is 6.42 Å². The molecule has 0 heterocycles. The van der Waals surface area contributed by atoms with Crippen LogP contribution in [0.25, 0.3) is 0 Å². The Bertz CT molecular complexity index is 316. The summed E-state index contributed by atoms with van der Waals surface area (Å²) in [5, 5.41) is 1.49. The fourth-order valence-corrected chi connectivity index (χ4v) is 1.53. The van der Waals surface area contributed by atoms with Gasteiger partial charge >= 0.3 is 0 Å². The summed E-state index contributed by atoms with van der Waals surface area (Å²) in [6.45, 7) is 5.71. The van der Waals surface area contributed by atoms with E-state index >= 15 is 0 Å². The van der Waals surface area contributed by atoms with Gasteiger partial charge in [-0.3, -0.25) is 0 Å². The van der Waals surface area contributed by atoms with Gasteiger partial charge in [-0.2, -0.15) is 0 Å². The lowest BCUT2D eigenvalue weighted by atomic mass is 10.0. The van der Waals surface area contributed by atoms with E-state index in [0.717, 1.165) is 17.9 Å². The molecule has 0 N–H and O–H groups in total. The molecule has 0 fully saturated rings. The number of hydrogen-bond donors (Lipinski definition) is 0. The molecule has 0 aliphatic rings. The van der Waals surface area contributed by atoms with Gasteiger partial charge < -0.3 is 0 Å². The molecule has 0 unspecified atom stereocenters. The quantitative estimate of drug-likeness (QED) is 0.703. The maximum Gasteiger partial charge on any atom is 0.0408 e. The second kappa shape index (κ2) is 4.69. The standard InChI is InChI=1S/C11H12Cl2/c1-8-7-11(13)6-5-10(8)4-3-9(2)12/h5-7H,2-4H2,1H3. The minimum atomic E-state index is 0.703. The van der Waals surface area contributed by atoms with Crippen molar-refractivity contribution in [3.8, 4) is 0 Å². The molecule has 1 aromatic carbocycles. The Labute approximate surface area is 89.2 Å². The van der Waals surface area contributed by atoms with Crippen LogP contribution in [0.15, 0.2) is 29.8 Å². The minimum absolute atomic E-state index is 0.703. The van der Waals surface area contributed by atoms with Crippen LogP contribution in [0.4, 0.5) is 0 Å². The molecular formula is C11H12Cl2. The lowest BCUT2D eigenvalue weighted by molar-refractivity contribution is 0.976. The molecule has 0 saturated carbocycles. The first kappa shape index (κ1) is 10.6. The predicted molar refractivity (Wildman–Crippen MR) is 59.5 cm³/mol. The minimum Gasteiger partial charge on any atom is -0.0898 e. The van der Waals surface area contributed by atoms with Crippen molar-refractivity contribution in [2.75, 3.05) is 0 Å². The summed E-state index contributed by atoms with van der Waals surface area (Å²) in [5.41, 5.74) is 2.50. The second-order valence-electron chi connectivity index (χ2n) is 3.09. The number of allylic oxidation sites excluding steroid dienone is 1. The average molecular weight is 215 g/mol. The molecule has 0 aliphatic carbocycles. The topological polar surface area (TPSA) is 0 Å². The Morgan fingerprint density at radius 1 is 1.46 bits per heavy atom. The van der Waals surface area contributed by atoms with Crippen molar-refractivity contribution in [2.45, 2.75) is 19.8 Å². The molecule has 1 rings (SSSR count). The van der Waals surface area contributed by atoms with Crippen LogP contribution in [0.5, 0.6) is 0 Å². The van der Waals surface area contributed by atoms with Crippen LogP contribution in [0, 0.1) is 6.92 Å². The highest BCUT2D eigenvalue weighted by atomic mass is 35.5. The summed E-state index contributed by atoms with van der Waals surface area (Å²) in [7, 11) is 0. The summed E-state index contributed by atoms with van der Waals surface area (Å²) in [5.74, 6) is 0.